The van der Waals surface area contributed by atoms with Crippen molar-refractivity contribution in [3.63, 3.8) is 0 Å². The van der Waals surface area contributed by atoms with E-state index in [0.717, 1.165) is 13.3 Å². The third-order valence-electron chi connectivity index (χ3n) is 2.77. The average molecular weight is 274 g/mol. The highest BCUT2D eigenvalue weighted by Crippen LogP contribution is 2.38. The third kappa shape index (κ3) is 3.01. The maximum Gasteiger partial charge on any atom is 0.378 e. The molecule has 4 nitrogen and oxygen atoms in total. The Morgan fingerprint density at radius 1 is 1.32 bits per heavy atom. The lowest BCUT2D eigenvalue weighted by Crippen LogP contribution is -2.48. The first-order valence-electron chi connectivity index (χ1n) is 5.80. The van der Waals surface area contributed by atoms with E-state index in [9.17, 15) is 18.7 Å². The van der Waals surface area contributed by atoms with Crippen molar-refractivity contribution in [1.29, 1.82) is 0 Å². The Hall–Kier alpha value is -1.69. The minimum atomic E-state index is -4.28. The fourth-order valence-corrected chi connectivity index (χ4v) is 1.49. The predicted molar refractivity (Wildman–Crippen MR) is 64.4 cm³/mol. The topological polar surface area (TPSA) is 66.8 Å². The molecule has 0 saturated heterocycles. The van der Waals surface area contributed by atoms with Crippen LogP contribution in [0.1, 0.15) is 25.8 Å². The van der Waals surface area contributed by atoms with Gasteiger partial charge in [-0.05, 0) is 31.0 Å². The standard InChI is InChI=1S/C13H16F2O4/c1-3-8-19-10-6-4-9(5-7-10)12(2,18)13(14,15)11(16)17/h4-7,18H,3,8H2,1-2H3,(H,16,17). The molecule has 0 fully saturated rings. The van der Waals surface area contributed by atoms with Gasteiger partial charge in [0.1, 0.15) is 5.75 Å². The van der Waals surface area contributed by atoms with E-state index in [-0.39, 0.29) is 5.56 Å². The molecule has 1 rings (SSSR count). The molecule has 0 radical (unpaired) electrons. The molecule has 0 bridgehead atoms. The van der Waals surface area contributed by atoms with Gasteiger partial charge in [-0.1, -0.05) is 19.1 Å². The molecular formula is C13H16F2O4. The van der Waals surface area contributed by atoms with E-state index in [4.69, 9.17) is 9.84 Å². The second-order valence-corrected chi connectivity index (χ2v) is 4.32. The zero-order valence-electron chi connectivity index (χ0n) is 10.7. The summed E-state index contributed by atoms with van der Waals surface area (Å²) in [5.41, 5.74) is -2.98. The first kappa shape index (κ1) is 15.4. The summed E-state index contributed by atoms with van der Waals surface area (Å²) in [7, 11) is 0. The molecule has 6 heteroatoms. The summed E-state index contributed by atoms with van der Waals surface area (Å²) in [5.74, 6) is -6.18. The fourth-order valence-electron chi connectivity index (χ4n) is 1.49. The maximum absolute atomic E-state index is 13.4. The van der Waals surface area contributed by atoms with E-state index in [1.54, 1.807) is 0 Å². The van der Waals surface area contributed by atoms with Crippen LogP contribution in [0.4, 0.5) is 8.78 Å². The highest BCUT2D eigenvalue weighted by Gasteiger charge is 2.56. The summed E-state index contributed by atoms with van der Waals surface area (Å²) in [6.07, 6.45) is 0.802. The van der Waals surface area contributed by atoms with Crippen LogP contribution < -0.4 is 4.74 Å². The summed E-state index contributed by atoms with van der Waals surface area (Å²) < 4.78 is 32.1. The molecule has 0 aliphatic rings. The van der Waals surface area contributed by atoms with Crippen molar-refractivity contribution in [3.05, 3.63) is 29.8 Å². The lowest BCUT2D eigenvalue weighted by atomic mass is 9.89. The molecule has 2 N–H and O–H groups in total. The molecular weight excluding hydrogens is 258 g/mol. The minimum Gasteiger partial charge on any atom is -0.494 e. The second-order valence-electron chi connectivity index (χ2n) is 4.32. The van der Waals surface area contributed by atoms with Gasteiger partial charge in [0, 0.05) is 0 Å². The Bertz CT molecular complexity index is 440. The molecule has 0 aliphatic heterocycles. The van der Waals surface area contributed by atoms with E-state index < -0.39 is 17.5 Å². The SMILES string of the molecule is CCCOc1ccc(C(C)(O)C(F)(F)C(=O)O)cc1. The van der Waals surface area contributed by atoms with Crippen molar-refractivity contribution in [3.8, 4) is 5.75 Å². The number of aliphatic hydroxyl groups is 1. The average Bonchev–Trinajstić information content (AvgIpc) is 2.36. The molecule has 0 aliphatic carbocycles. The zero-order chi connectivity index (χ0) is 14.7. The number of carboxylic acids is 1. The van der Waals surface area contributed by atoms with Crippen molar-refractivity contribution in [2.24, 2.45) is 0 Å². The molecule has 0 aromatic heterocycles. The Labute approximate surface area is 109 Å². The first-order valence-corrected chi connectivity index (χ1v) is 5.80. The van der Waals surface area contributed by atoms with Crippen LogP contribution in [0.2, 0.25) is 0 Å². The fraction of sp³-hybridized carbons (Fsp3) is 0.462. The molecule has 1 atom stereocenters. The quantitative estimate of drug-likeness (QED) is 0.836. The molecule has 1 aromatic carbocycles. The lowest BCUT2D eigenvalue weighted by Gasteiger charge is -2.29. The largest absolute Gasteiger partial charge is 0.494 e. The van der Waals surface area contributed by atoms with E-state index in [2.05, 4.69) is 0 Å². The van der Waals surface area contributed by atoms with E-state index >= 15 is 0 Å². The van der Waals surface area contributed by atoms with Crippen LogP contribution in [0.15, 0.2) is 24.3 Å². The molecule has 0 heterocycles. The second kappa shape index (κ2) is 5.52. The molecule has 19 heavy (non-hydrogen) atoms. The van der Waals surface area contributed by atoms with E-state index in [1.807, 2.05) is 6.92 Å². The van der Waals surface area contributed by atoms with Gasteiger partial charge in [-0.25, -0.2) is 4.79 Å². The molecule has 0 spiro atoms. The summed E-state index contributed by atoms with van der Waals surface area (Å²) in [6, 6.07) is 5.28. The Morgan fingerprint density at radius 2 is 1.84 bits per heavy atom. The van der Waals surface area contributed by atoms with Crippen molar-refractivity contribution >= 4 is 5.97 Å². The minimum absolute atomic E-state index is 0.191. The van der Waals surface area contributed by atoms with Gasteiger partial charge >= 0.3 is 11.9 Å². The van der Waals surface area contributed by atoms with Crippen molar-refractivity contribution in [2.75, 3.05) is 6.61 Å². The Balaban J connectivity index is 2.99. The molecule has 0 amide bonds. The van der Waals surface area contributed by atoms with E-state index in [1.165, 1.54) is 24.3 Å². The van der Waals surface area contributed by atoms with Crippen molar-refractivity contribution < 1.29 is 28.5 Å². The van der Waals surface area contributed by atoms with Gasteiger partial charge in [0.2, 0.25) is 0 Å². The van der Waals surface area contributed by atoms with Gasteiger partial charge in [-0.2, -0.15) is 8.78 Å². The number of ether oxygens (including phenoxy) is 1. The predicted octanol–water partition coefficient (Wildman–Crippen LogP) is 2.40. The van der Waals surface area contributed by atoms with Gasteiger partial charge in [0.15, 0.2) is 5.60 Å². The number of carbonyl (C=O) groups is 1. The Kier molecular flexibility index (Phi) is 4.47. The maximum atomic E-state index is 13.4. The first-order chi connectivity index (χ1) is 8.73. The van der Waals surface area contributed by atoms with Crippen LogP contribution in [0.25, 0.3) is 0 Å². The highest BCUT2D eigenvalue weighted by atomic mass is 19.3. The molecule has 0 saturated carbocycles. The molecule has 1 aromatic rings. The van der Waals surface area contributed by atoms with Crippen LogP contribution in [0.5, 0.6) is 5.75 Å². The van der Waals surface area contributed by atoms with Gasteiger partial charge in [-0.15, -0.1) is 0 Å². The smallest absolute Gasteiger partial charge is 0.378 e. The number of rotatable bonds is 6. The van der Waals surface area contributed by atoms with Crippen LogP contribution in [0.3, 0.4) is 0 Å². The zero-order valence-corrected chi connectivity index (χ0v) is 10.7. The van der Waals surface area contributed by atoms with Crippen LogP contribution in [-0.2, 0) is 10.4 Å². The van der Waals surface area contributed by atoms with Gasteiger partial charge in [-0.3, -0.25) is 0 Å². The molecule has 106 valence electrons. The number of alkyl halides is 2. The number of benzene rings is 1. The van der Waals surface area contributed by atoms with Crippen LogP contribution >= 0.6 is 0 Å². The summed E-state index contributed by atoms with van der Waals surface area (Å²) in [5, 5.41) is 18.3. The lowest BCUT2D eigenvalue weighted by molar-refractivity contribution is -0.207. The van der Waals surface area contributed by atoms with Crippen molar-refractivity contribution in [1.82, 2.24) is 0 Å². The number of aliphatic carboxylic acids is 1. The molecule has 1 unspecified atom stereocenters. The highest BCUT2D eigenvalue weighted by molar-refractivity contribution is 5.77. The van der Waals surface area contributed by atoms with Gasteiger partial charge < -0.3 is 14.9 Å². The monoisotopic (exact) mass is 274 g/mol. The number of hydrogen-bond acceptors (Lipinski definition) is 3. The number of halogens is 2. The van der Waals surface area contributed by atoms with E-state index in [0.29, 0.717) is 12.4 Å². The van der Waals surface area contributed by atoms with Gasteiger partial charge in [0.25, 0.3) is 0 Å². The Morgan fingerprint density at radius 3 is 2.26 bits per heavy atom. The number of hydrogen-bond donors (Lipinski definition) is 2. The van der Waals surface area contributed by atoms with Crippen LogP contribution in [-0.4, -0.2) is 28.7 Å². The summed E-state index contributed by atoms with van der Waals surface area (Å²) in [6.45, 7) is 3.18. The summed E-state index contributed by atoms with van der Waals surface area (Å²) in [4.78, 5) is 10.5. The van der Waals surface area contributed by atoms with Gasteiger partial charge in [0.05, 0.1) is 6.61 Å². The van der Waals surface area contributed by atoms with Crippen LogP contribution in [0, 0.1) is 0 Å². The normalized spacial score (nSPS) is 14.8. The summed E-state index contributed by atoms with van der Waals surface area (Å²) >= 11 is 0. The third-order valence-corrected chi connectivity index (χ3v) is 2.77. The number of carboxylic acid groups (broad SMARTS) is 1. The van der Waals surface area contributed by atoms with Crippen molar-refractivity contribution in [2.45, 2.75) is 31.8 Å².